The van der Waals surface area contributed by atoms with Gasteiger partial charge in [-0.3, -0.25) is 9.69 Å². The number of rotatable bonds is 9. The van der Waals surface area contributed by atoms with E-state index >= 15 is 0 Å². The lowest BCUT2D eigenvalue weighted by molar-refractivity contribution is -0.122. The van der Waals surface area contributed by atoms with Crippen LogP contribution in [0.5, 0.6) is 17.2 Å². The van der Waals surface area contributed by atoms with Crippen molar-refractivity contribution in [1.82, 2.24) is 4.90 Å². The Labute approximate surface area is 219 Å². The topological polar surface area (TPSA) is 48.0 Å². The van der Waals surface area contributed by atoms with Crippen LogP contribution in [0.1, 0.15) is 16.7 Å². The molecule has 8 heteroatoms. The van der Waals surface area contributed by atoms with Gasteiger partial charge in [-0.25, -0.2) is 0 Å². The molecule has 3 aromatic rings. The Hall–Kier alpha value is -3.00. The average molecular weight is 526 g/mol. The van der Waals surface area contributed by atoms with Crippen molar-refractivity contribution >= 4 is 51.9 Å². The average Bonchev–Trinajstić information content (AvgIpc) is 3.14. The Kier molecular flexibility index (Phi) is 8.33. The largest absolute Gasteiger partial charge is 0.497 e. The minimum Gasteiger partial charge on any atom is -0.497 e. The minimum atomic E-state index is -0.0912. The van der Waals surface area contributed by atoms with Crippen LogP contribution in [-0.4, -0.2) is 35.9 Å². The molecule has 1 heterocycles. The first-order valence-corrected chi connectivity index (χ1v) is 12.5. The number of carbonyl (C=O) groups excluding carboxylic acids is 1. The van der Waals surface area contributed by atoms with E-state index in [2.05, 4.69) is 0 Å². The molecule has 0 unspecified atom stereocenters. The molecule has 0 N–H and O–H groups in total. The normalized spacial score (nSPS) is 14.5. The zero-order valence-corrected chi connectivity index (χ0v) is 21.7. The van der Waals surface area contributed by atoms with Crippen LogP contribution in [0.15, 0.2) is 71.6 Å². The standard InChI is InChI=1S/C27H24ClNO4S2/c1-31-21-10-7-18(8-11-21)13-14-29-26(30)25(35-27(29)34)16-19-9-12-23(24(15-19)32-2)33-17-20-5-3-4-6-22(20)28/h3-12,15-16H,13-14,17H2,1-2H3/b25-16-. The fourth-order valence-corrected chi connectivity index (χ4v) is 5.04. The lowest BCUT2D eigenvalue weighted by Crippen LogP contribution is -2.30. The predicted molar refractivity (Wildman–Crippen MR) is 145 cm³/mol. The molecule has 3 aromatic carbocycles. The summed E-state index contributed by atoms with van der Waals surface area (Å²) in [6, 6.07) is 20.9. The number of benzene rings is 3. The van der Waals surface area contributed by atoms with Gasteiger partial charge < -0.3 is 14.2 Å². The zero-order valence-electron chi connectivity index (χ0n) is 19.3. The van der Waals surface area contributed by atoms with Crippen molar-refractivity contribution in [3.63, 3.8) is 0 Å². The molecule has 1 saturated heterocycles. The van der Waals surface area contributed by atoms with Crippen LogP contribution >= 0.6 is 35.6 Å². The molecular weight excluding hydrogens is 502 g/mol. The molecular formula is C27H24ClNO4S2. The third-order valence-corrected chi connectivity index (χ3v) is 7.23. The van der Waals surface area contributed by atoms with Gasteiger partial charge in [0, 0.05) is 17.1 Å². The number of hydrogen-bond donors (Lipinski definition) is 0. The summed E-state index contributed by atoms with van der Waals surface area (Å²) in [7, 11) is 3.22. The third kappa shape index (κ3) is 6.17. The first kappa shape index (κ1) is 25.1. The van der Waals surface area contributed by atoms with Gasteiger partial charge in [-0.1, -0.05) is 72.0 Å². The molecule has 0 aliphatic carbocycles. The quantitative estimate of drug-likeness (QED) is 0.238. The number of halogens is 1. The summed E-state index contributed by atoms with van der Waals surface area (Å²) in [4.78, 5) is 15.2. The van der Waals surface area contributed by atoms with E-state index in [-0.39, 0.29) is 5.91 Å². The van der Waals surface area contributed by atoms with Gasteiger partial charge in [0.1, 0.15) is 16.7 Å². The van der Waals surface area contributed by atoms with Crippen molar-refractivity contribution in [3.8, 4) is 17.2 Å². The first-order valence-electron chi connectivity index (χ1n) is 10.9. The molecule has 1 aliphatic heterocycles. The maximum absolute atomic E-state index is 13.0. The summed E-state index contributed by atoms with van der Waals surface area (Å²) in [5.74, 6) is 1.88. The lowest BCUT2D eigenvalue weighted by Gasteiger charge is -2.14. The molecule has 180 valence electrons. The zero-order chi connectivity index (χ0) is 24.8. The molecule has 0 bridgehead atoms. The highest BCUT2D eigenvalue weighted by atomic mass is 35.5. The molecule has 35 heavy (non-hydrogen) atoms. The summed E-state index contributed by atoms with van der Waals surface area (Å²) >= 11 is 13.0. The smallest absolute Gasteiger partial charge is 0.266 e. The number of hydrogen-bond acceptors (Lipinski definition) is 6. The highest BCUT2D eigenvalue weighted by Gasteiger charge is 2.31. The minimum absolute atomic E-state index is 0.0912. The first-order chi connectivity index (χ1) is 17.0. The number of nitrogens with zero attached hydrogens (tertiary/aromatic N) is 1. The summed E-state index contributed by atoms with van der Waals surface area (Å²) in [5, 5.41) is 0.650. The fourth-order valence-electron chi connectivity index (χ4n) is 3.54. The maximum atomic E-state index is 13.0. The van der Waals surface area contributed by atoms with Gasteiger partial charge in [0.05, 0.1) is 19.1 Å². The van der Waals surface area contributed by atoms with Crippen LogP contribution in [0.2, 0.25) is 5.02 Å². The highest BCUT2D eigenvalue weighted by Crippen LogP contribution is 2.35. The van der Waals surface area contributed by atoms with Gasteiger partial charge in [-0.15, -0.1) is 0 Å². The number of carbonyl (C=O) groups is 1. The Morgan fingerprint density at radius 2 is 1.77 bits per heavy atom. The molecule has 0 saturated carbocycles. The van der Waals surface area contributed by atoms with Gasteiger partial charge in [0.2, 0.25) is 0 Å². The van der Waals surface area contributed by atoms with Crippen molar-refractivity contribution in [2.45, 2.75) is 13.0 Å². The van der Waals surface area contributed by atoms with Gasteiger partial charge in [-0.05, 0) is 54.0 Å². The van der Waals surface area contributed by atoms with Crippen LogP contribution in [-0.2, 0) is 17.8 Å². The lowest BCUT2D eigenvalue weighted by atomic mass is 10.1. The molecule has 0 aromatic heterocycles. The SMILES string of the molecule is COc1ccc(CCN2C(=O)/C(=C/c3ccc(OCc4ccccc4Cl)c(OC)c3)SC2=S)cc1. The third-order valence-electron chi connectivity index (χ3n) is 5.48. The van der Waals surface area contributed by atoms with Crippen LogP contribution in [0.4, 0.5) is 0 Å². The van der Waals surface area contributed by atoms with Gasteiger partial charge in [0.25, 0.3) is 5.91 Å². The van der Waals surface area contributed by atoms with E-state index in [0.717, 1.165) is 22.4 Å². The number of ether oxygens (including phenoxy) is 3. The van der Waals surface area contributed by atoms with E-state index in [0.29, 0.717) is 45.3 Å². The second kappa shape index (κ2) is 11.6. The van der Waals surface area contributed by atoms with E-state index in [1.165, 1.54) is 11.8 Å². The Morgan fingerprint density at radius 1 is 1.00 bits per heavy atom. The second-order valence-corrected chi connectivity index (χ2v) is 9.80. The van der Waals surface area contributed by atoms with Crippen LogP contribution in [0, 0.1) is 0 Å². The molecule has 1 amide bonds. The summed E-state index contributed by atoms with van der Waals surface area (Å²) in [6.07, 6.45) is 2.53. The van der Waals surface area contributed by atoms with Gasteiger partial charge in [0.15, 0.2) is 11.5 Å². The van der Waals surface area contributed by atoms with E-state index in [1.54, 1.807) is 19.1 Å². The van der Waals surface area contributed by atoms with Crippen LogP contribution in [0.25, 0.3) is 6.08 Å². The van der Waals surface area contributed by atoms with Crippen LogP contribution in [0.3, 0.4) is 0 Å². The Morgan fingerprint density at radius 3 is 2.49 bits per heavy atom. The van der Waals surface area contributed by atoms with Crippen molar-refractivity contribution < 1.29 is 19.0 Å². The van der Waals surface area contributed by atoms with Crippen LogP contribution < -0.4 is 14.2 Å². The highest BCUT2D eigenvalue weighted by molar-refractivity contribution is 8.26. The van der Waals surface area contributed by atoms with Gasteiger partial charge >= 0.3 is 0 Å². The monoisotopic (exact) mass is 525 g/mol. The van der Waals surface area contributed by atoms with Crippen molar-refractivity contribution in [1.29, 1.82) is 0 Å². The number of thioether (sulfide) groups is 1. The van der Waals surface area contributed by atoms with E-state index in [4.69, 9.17) is 38.0 Å². The van der Waals surface area contributed by atoms with E-state index < -0.39 is 0 Å². The molecule has 4 rings (SSSR count). The number of thiocarbonyl (C=S) groups is 1. The summed E-state index contributed by atoms with van der Waals surface area (Å²) in [6.45, 7) is 0.842. The molecule has 1 aliphatic rings. The van der Waals surface area contributed by atoms with E-state index in [1.807, 2.05) is 72.8 Å². The van der Waals surface area contributed by atoms with Crippen molar-refractivity contribution in [2.24, 2.45) is 0 Å². The van der Waals surface area contributed by atoms with E-state index in [9.17, 15) is 4.79 Å². The summed E-state index contributed by atoms with van der Waals surface area (Å²) < 4.78 is 17.2. The van der Waals surface area contributed by atoms with Gasteiger partial charge in [-0.2, -0.15) is 0 Å². The second-order valence-electron chi connectivity index (χ2n) is 7.72. The summed E-state index contributed by atoms with van der Waals surface area (Å²) in [5.41, 5.74) is 2.82. The Balaban J connectivity index is 1.43. The predicted octanol–water partition coefficient (Wildman–Crippen LogP) is 6.38. The molecule has 5 nitrogen and oxygen atoms in total. The maximum Gasteiger partial charge on any atom is 0.266 e. The Bertz CT molecular complexity index is 1260. The molecule has 1 fully saturated rings. The fraction of sp³-hybridized carbons (Fsp3) is 0.185. The number of amides is 1. The van der Waals surface area contributed by atoms with Crippen molar-refractivity contribution in [3.05, 3.63) is 93.3 Å². The number of methoxy groups -OCH3 is 2. The molecule has 0 spiro atoms. The van der Waals surface area contributed by atoms with Crippen molar-refractivity contribution in [2.75, 3.05) is 20.8 Å². The molecule has 0 atom stereocenters. The molecule has 0 radical (unpaired) electrons.